The van der Waals surface area contributed by atoms with E-state index in [2.05, 4.69) is 21.2 Å². The molecule has 5 heteroatoms. The van der Waals surface area contributed by atoms with Crippen molar-refractivity contribution in [1.29, 1.82) is 0 Å². The molecule has 1 atom stereocenters. The predicted molar refractivity (Wildman–Crippen MR) is 69.0 cm³/mol. The third-order valence-corrected chi connectivity index (χ3v) is 2.70. The van der Waals surface area contributed by atoms with Crippen LogP contribution in [0.2, 0.25) is 0 Å². The van der Waals surface area contributed by atoms with E-state index in [-0.39, 0.29) is 12.5 Å². The van der Waals surface area contributed by atoms with Gasteiger partial charge in [-0.25, -0.2) is 0 Å². The maximum Gasteiger partial charge on any atom is 0.251 e. The fourth-order valence-corrected chi connectivity index (χ4v) is 1.76. The molecule has 0 bridgehead atoms. The molecular weight excluding hydrogens is 286 g/mol. The molecule has 0 fully saturated rings. The number of rotatable bonds is 6. The number of nitrogens with one attached hydrogen (secondary N) is 1. The minimum Gasteiger partial charge on any atom is -0.391 e. The fourth-order valence-electron chi connectivity index (χ4n) is 1.36. The van der Waals surface area contributed by atoms with Crippen molar-refractivity contribution in [1.82, 2.24) is 5.32 Å². The van der Waals surface area contributed by atoms with Crippen LogP contribution in [0.25, 0.3) is 0 Å². The third kappa shape index (κ3) is 5.30. The zero-order valence-electron chi connectivity index (χ0n) is 9.65. The Labute approximate surface area is 109 Å². The number of benzene rings is 1. The maximum absolute atomic E-state index is 11.7. The van der Waals surface area contributed by atoms with Gasteiger partial charge in [-0.1, -0.05) is 22.0 Å². The molecule has 2 N–H and O–H groups in total. The zero-order chi connectivity index (χ0) is 12.7. The van der Waals surface area contributed by atoms with E-state index in [1.807, 2.05) is 6.07 Å². The van der Waals surface area contributed by atoms with Gasteiger partial charge in [0.2, 0.25) is 0 Å². The van der Waals surface area contributed by atoms with Crippen LogP contribution in [-0.2, 0) is 4.74 Å². The molecule has 0 saturated heterocycles. The summed E-state index contributed by atoms with van der Waals surface area (Å²) in [6.07, 6.45) is -0.0593. The summed E-state index contributed by atoms with van der Waals surface area (Å²) in [4.78, 5) is 11.7. The van der Waals surface area contributed by atoms with Gasteiger partial charge >= 0.3 is 0 Å². The lowest BCUT2D eigenvalue weighted by atomic mass is 10.2. The van der Waals surface area contributed by atoms with E-state index in [0.29, 0.717) is 18.5 Å². The molecule has 17 heavy (non-hydrogen) atoms. The summed E-state index contributed by atoms with van der Waals surface area (Å²) in [7, 11) is 1.53. The van der Waals surface area contributed by atoms with Gasteiger partial charge in [-0.2, -0.15) is 0 Å². The molecule has 1 amide bonds. The minimum absolute atomic E-state index is 0.143. The number of ether oxygens (including phenoxy) is 1. The molecule has 1 aromatic carbocycles. The summed E-state index contributed by atoms with van der Waals surface area (Å²) < 4.78 is 5.66. The molecule has 0 aliphatic rings. The number of carbonyl (C=O) groups excluding carboxylic acids is 1. The van der Waals surface area contributed by atoms with Gasteiger partial charge < -0.3 is 15.2 Å². The van der Waals surface area contributed by atoms with Crippen LogP contribution in [0.1, 0.15) is 16.8 Å². The van der Waals surface area contributed by atoms with Gasteiger partial charge in [0.25, 0.3) is 5.91 Å². The van der Waals surface area contributed by atoms with Gasteiger partial charge in [-0.05, 0) is 24.6 Å². The average molecular weight is 302 g/mol. The van der Waals surface area contributed by atoms with Gasteiger partial charge in [0.15, 0.2) is 0 Å². The number of amides is 1. The van der Waals surface area contributed by atoms with Gasteiger partial charge in [-0.3, -0.25) is 4.79 Å². The molecule has 0 aliphatic carbocycles. The quantitative estimate of drug-likeness (QED) is 0.839. The normalized spacial score (nSPS) is 12.2. The molecule has 0 spiro atoms. The van der Waals surface area contributed by atoms with Crippen LogP contribution in [0.15, 0.2) is 28.7 Å². The smallest absolute Gasteiger partial charge is 0.251 e. The van der Waals surface area contributed by atoms with Crippen molar-refractivity contribution in [2.24, 2.45) is 0 Å². The van der Waals surface area contributed by atoms with Crippen molar-refractivity contribution >= 4 is 21.8 Å². The molecule has 0 radical (unpaired) electrons. The van der Waals surface area contributed by atoms with Crippen molar-refractivity contribution in [2.45, 2.75) is 12.5 Å². The monoisotopic (exact) mass is 301 g/mol. The van der Waals surface area contributed by atoms with Crippen molar-refractivity contribution in [3.63, 3.8) is 0 Å². The maximum atomic E-state index is 11.7. The molecule has 1 aromatic rings. The number of aliphatic hydroxyl groups excluding tert-OH is 1. The van der Waals surface area contributed by atoms with Crippen molar-refractivity contribution in [3.05, 3.63) is 34.3 Å². The number of hydrogen-bond donors (Lipinski definition) is 2. The summed E-state index contributed by atoms with van der Waals surface area (Å²) in [6.45, 7) is 0.711. The van der Waals surface area contributed by atoms with Gasteiger partial charge in [0, 0.05) is 23.7 Å². The van der Waals surface area contributed by atoms with Crippen LogP contribution in [0.4, 0.5) is 0 Å². The van der Waals surface area contributed by atoms with Crippen LogP contribution in [0.3, 0.4) is 0 Å². The van der Waals surface area contributed by atoms with Crippen molar-refractivity contribution in [2.75, 3.05) is 20.3 Å². The topological polar surface area (TPSA) is 58.6 Å². The standard InChI is InChI=1S/C12H16BrNO3/c1-17-8-11(15)5-6-14-12(16)9-3-2-4-10(13)7-9/h2-4,7,11,15H,5-6,8H2,1H3,(H,14,16). The van der Waals surface area contributed by atoms with Gasteiger partial charge in [0.1, 0.15) is 0 Å². The van der Waals surface area contributed by atoms with Gasteiger partial charge in [0.05, 0.1) is 12.7 Å². The van der Waals surface area contributed by atoms with Crippen LogP contribution in [0.5, 0.6) is 0 Å². The van der Waals surface area contributed by atoms with E-state index in [9.17, 15) is 9.90 Å². The summed E-state index contributed by atoms with van der Waals surface area (Å²) in [5, 5.41) is 12.1. The Balaban J connectivity index is 2.35. The van der Waals surface area contributed by atoms with Crippen LogP contribution < -0.4 is 5.32 Å². The summed E-state index contributed by atoms with van der Waals surface area (Å²) in [5.41, 5.74) is 0.598. The Morgan fingerprint density at radius 1 is 1.59 bits per heavy atom. The lowest BCUT2D eigenvalue weighted by Crippen LogP contribution is -2.28. The predicted octanol–water partition coefficient (Wildman–Crippen LogP) is 1.58. The second-order valence-corrected chi connectivity index (χ2v) is 4.58. The molecule has 0 heterocycles. The highest BCUT2D eigenvalue weighted by Gasteiger charge is 2.07. The Kier molecular flexibility index (Phi) is 6.18. The SMILES string of the molecule is COCC(O)CCNC(=O)c1cccc(Br)c1. The minimum atomic E-state index is -0.539. The number of halogens is 1. The van der Waals surface area contributed by atoms with Crippen LogP contribution >= 0.6 is 15.9 Å². The molecule has 1 unspecified atom stereocenters. The fraction of sp³-hybridized carbons (Fsp3) is 0.417. The second-order valence-electron chi connectivity index (χ2n) is 3.66. The summed E-state index contributed by atoms with van der Waals surface area (Å²) in [5.74, 6) is -0.143. The van der Waals surface area contributed by atoms with Crippen LogP contribution in [0, 0.1) is 0 Å². The van der Waals surface area contributed by atoms with E-state index in [4.69, 9.17) is 4.74 Å². The Hall–Kier alpha value is -0.910. The van der Waals surface area contributed by atoms with E-state index >= 15 is 0 Å². The largest absolute Gasteiger partial charge is 0.391 e. The van der Waals surface area contributed by atoms with E-state index in [1.165, 1.54) is 7.11 Å². The lowest BCUT2D eigenvalue weighted by molar-refractivity contribution is 0.0587. The van der Waals surface area contributed by atoms with Gasteiger partial charge in [-0.15, -0.1) is 0 Å². The van der Waals surface area contributed by atoms with E-state index in [0.717, 1.165) is 4.47 Å². The lowest BCUT2D eigenvalue weighted by Gasteiger charge is -2.10. The molecule has 0 saturated carbocycles. The number of methoxy groups -OCH3 is 1. The molecule has 0 aliphatic heterocycles. The van der Waals surface area contributed by atoms with E-state index in [1.54, 1.807) is 18.2 Å². The van der Waals surface area contributed by atoms with Crippen molar-refractivity contribution < 1.29 is 14.6 Å². The third-order valence-electron chi connectivity index (χ3n) is 2.21. The number of carbonyl (C=O) groups is 1. The molecule has 1 rings (SSSR count). The first-order valence-corrected chi connectivity index (χ1v) is 6.13. The first-order valence-electron chi connectivity index (χ1n) is 5.34. The average Bonchev–Trinajstić information content (AvgIpc) is 2.29. The summed E-state index contributed by atoms with van der Waals surface area (Å²) >= 11 is 3.31. The summed E-state index contributed by atoms with van der Waals surface area (Å²) in [6, 6.07) is 7.16. The number of hydrogen-bond acceptors (Lipinski definition) is 3. The Morgan fingerprint density at radius 2 is 2.35 bits per heavy atom. The Morgan fingerprint density at radius 3 is 3.00 bits per heavy atom. The molecule has 94 valence electrons. The highest BCUT2D eigenvalue weighted by Crippen LogP contribution is 2.11. The second kappa shape index (κ2) is 7.42. The number of aliphatic hydroxyl groups is 1. The van der Waals surface area contributed by atoms with Crippen molar-refractivity contribution in [3.8, 4) is 0 Å². The zero-order valence-corrected chi connectivity index (χ0v) is 11.2. The van der Waals surface area contributed by atoms with Crippen LogP contribution in [-0.4, -0.2) is 37.4 Å². The highest BCUT2D eigenvalue weighted by atomic mass is 79.9. The Bertz CT molecular complexity index is 371. The highest BCUT2D eigenvalue weighted by molar-refractivity contribution is 9.10. The molecule has 4 nitrogen and oxygen atoms in total. The first kappa shape index (κ1) is 14.2. The first-order chi connectivity index (χ1) is 8.13. The molecule has 0 aromatic heterocycles. The molecular formula is C12H16BrNO3. The van der Waals surface area contributed by atoms with E-state index < -0.39 is 6.10 Å².